The lowest BCUT2D eigenvalue weighted by Crippen LogP contribution is -2.30. The van der Waals surface area contributed by atoms with Crippen LogP contribution in [-0.4, -0.2) is 28.8 Å². The number of nitrogens with zero attached hydrogens (tertiary/aromatic N) is 4. The summed E-state index contributed by atoms with van der Waals surface area (Å²) in [6, 6.07) is 22.5. The first-order valence-corrected chi connectivity index (χ1v) is 11.6. The summed E-state index contributed by atoms with van der Waals surface area (Å²) >= 11 is 11.9. The summed E-state index contributed by atoms with van der Waals surface area (Å²) in [7, 11) is 4.02. The predicted molar refractivity (Wildman–Crippen MR) is 139 cm³/mol. The number of benzene rings is 2. The molecule has 5 nitrogen and oxygen atoms in total. The molecular weight excluding hydrogens is 469 g/mol. The summed E-state index contributed by atoms with van der Waals surface area (Å²) in [5, 5.41) is 4.17. The Hall–Kier alpha value is -3.42. The number of halogens is 2. The zero-order valence-corrected chi connectivity index (χ0v) is 20.3. The molecule has 0 amide bonds. The van der Waals surface area contributed by atoms with E-state index in [2.05, 4.69) is 50.4 Å². The second-order valence-corrected chi connectivity index (χ2v) is 9.10. The van der Waals surface area contributed by atoms with Crippen LogP contribution in [0, 0.1) is 5.82 Å². The van der Waals surface area contributed by atoms with Crippen LogP contribution in [0.25, 0.3) is 5.69 Å². The van der Waals surface area contributed by atoms with E-state index in [-0.39, 0.29) is 17.1 Å². The van der Waals surface area contributed by atoms with Gasteiger partial charge in [-0.3, -0.25) is 4.98 Å². The van der Waals surface area contributed by atoms with Crippen LogP contribution in [0.2, 0.25) is 5.02 Å². The second-order valence-electron chi connectivity index (χ2n) is 8.31. The van der Waals surface area contributed by atoms with Crippen molar-refractivity contribution in [3.63, 3.8) is 0 Å². The molecule has 1 fully saturated rings. The van der Waals surface area contributed by atoms with Crippen molar-refractivity contribution in [1.82, 2.24) is 14.9 Å². The molecule has 2 aromatic heterocycles. The Morgan fingerprint density at radius 1 is 1.00 bits per heavy atom. The molecule has 0 radical (unpaired) electrons. The Kier molecular flexibility index (Phi) is 5.98. The van der Waals surface area contributed by atoms with E-state index in [0.29, 0.717) is 5.11 Å². The molecule has 0 aliphatic carbocycles. The van der Waals surface area contributed by atoms with E-state index >= 15 is 0 Å². The van der Waals surface area contributed by atoms with Crippen LogP contribution in [0.15, 0.2) is 85.2 Å². The van der Waals surface area contributed by atoms with Crippen LogP contribution in [0.3, 0.4) is 0 Å². The molecule has 0 spiro atoms. The summed E-state index contributed by atoms with van der Waals surface area (Å²) in [4.78, 5) is 8.79. The minimum absolute atomic E-state index is 0.0784. The lowest BCUT2D eigenvalue weighted by Gasteiger charge is -2.29. The van der Waals surface area contributed by atoms with Crippen molar-refractivity contribution in [2.45, 2.75) is 12.1 Å². The predicted octanol–water partition coefficient (Wildman–Crippen LogP) is 5.91. The average molecular weight is 492 g/mol. The van der Waals surface area contributed by atoms with E-state index in [9.17, 15) is 4.39 Å². The third-order valence-corrected chi connectivity index (χ3v) is 6.61. The van der Waals surface area contributed by atoms with Crippen LogP contribution >= 0.6 is 23.8 Å². The van der Waals surface area contributed by atoms with Crippen LogP contribution in [0.4, 0.5) is 15.8 Å². The van der Waals surface area contributed by atoms with Gasteiger partial charge in [0.2, 0.25) is 0 Å². The van der Waals surface area contributed by atoms with E-state index in [0.717, 1.165) is 28.5 Å². The topological polar surface area (TPSA) is 36.3 Å². The summed E-state index contributed by atoms with van der Waals surface area (Å²) < 4.78 is 15.9. The third kappa shape index (κ3) is 4.02. The van der Waals surface area contributed by atoms with Crippen molar-refractivity contribution in [3.8, 4) is 5.69 Å². The Balaban J connectivity index is 1.64. The molecule has 5 rings (SSSR count). The van der Waals surface area contributed by atoms with Gasteiger partial charge >= 0.3 is 0 Å². The van der Waals surface area contributed by atoms with Gasteiger partial charge in [0.15, 0.2) is 5.11 Å². The quantitative estimate of drug-likeness (QED) is 0.351. The molecule has 34 heavy (non-hydrogen) atoms. The van der Waals surface area contributed by atoms with Crippen LogP contribution < -0.4 is 15.1 Å². The number of pyridine rings is 1. The molecule has 1 aliphatic rings. The Bertz CT molecular complexity index is 1320. The highest BCUT2D eigenvalue weighted by molar-refractivity contribution is 7.80. The monoisotopic (exact) mass is 491 g/mol. The van der Waals surface area contributed by atoms with E-state index in [1.54, 1.807) is 18.3 Å². The first-order chi connectivity index (χ1) is 16.4. The highest BCUT2D eigenvalue weighted by atomic mass is 35.5. The molecule has 2 aromatic carbocycles. The molecule has 4 aromatic rings. The fourth-order valence-electron chi connectivity index (χ4n) is 4.35. The smallest absolute Gasteiger partial charge is 0.174 e. The third-order valence-electron chi connectivity index (χ3n) is 6.01. The molecule has 1 saturated heterocycles. The van der Waals surface area contributed by atoms with Crippen molar-refractivity contribution in [3.05, 3.63) is 107 Å². The molecule has 0 bridgehead atoms. The van der Waals surface area contributed by atoms with Crippen LogP contribution in [0.5, 0.6) is 0 Å². The first kappa shape index (κ1) is 22.4. The minimum Gasteiger partial charge on any atom is -0.378 e. The van der Waals surface area contributed by atoms with Gasteiger partial charge < -0.3 is 19.7 Å². The SMILES string of the molecule is CN(C)c1ccc(N2C(=S)NC(c3ccccn3)C2c2cccn2-c2ccc(F)c(Cl)c2)cc1. The fourth-order valence-corrected chi connectivity index (χ4v) is 4.87. The Morgan fingerprint density at radius 3 is 2.44 bits per heavy atom. The number of hydrogen-bond acceptors (Lipinski definition) is 3. The van der Waals surface area contributed by atoms with Gasteiger partial charge in [-0.15, -0.1) is 0 Å². The lowest BCUT2D eigenvalue weighted by atomic mass is 10.0. The summed E-state index contributed by atoms with van der Waals surface area (Å²) in [5.41, 5.74) is 4.70. The standard InChI is InChI=1S/C26H23ClFN5S/c1-31(2)17-8-10-18(11-9-17)33-25(24(30-26(33)34)22-6-3-4-14-29-22)23-7-5-15-32(23)19-12-13-21(28)20(27)16-19/h3-16,24-25H,1-2H3,(H,30,34). The van der Waals surface area contributed by atoms with Gasteiger partial charge in [0.25, 0.3) is 0 Å². The summed E-state index contributed by atoms with van der Waals surface area (Å²) in [6.45, 7) is 0. The highest BCUT2D eigenvalue weighted by Crippen LogP contribution is 2.42. The first-order valence-electron chi connectivity index (χ1n) is 10.8. The van der Waals surface area contributed by atoms with Crippen LogP contribution in [-0.2, 0) is 0 Å². The zero-order valence-electron chi connectivity index (χ0n) is 18.7. The zero-order chi connectivity index (χ0) is 23.8. The van der Waals surface area contributed by atoms with Gasteiger partial charge in [-0.25, -0.2) is 4.39 Å². The molecule has 3 heterocycles. The van der Waals surface area contributed by atoms with E-state index in [1.807, 2.05) is 49.1 Å². The molecule has 2 unspecified atom stereocenters. The van der Waals surface area contributed by atoms with Crippen molar-refractivity contribution in [2.24, 2.45) is 0 Å². The normalized spacial score (nSPS) is 17.6. The molecule has 0 saturated carbocycles. The van der Waals surface area contributed by atoms with E-state index in [4.69, 9.17) is 23.8 Å². The molecule has 1 N–H and O–H groups in total. The number of aromatic nitrogens is 2. The van der Waals surface area contributed by atoms with Gasteiger partial charge in [-0.2, -0.15) is 0 Å². The Labute approximate surface area is 208 Å². The lowest BCUT2D eigenvalue weighted by molar-refractivity contribution is 0.549. The maximum Gasteiger partial charge on any atom is 0.174 e. The second kappa shape index (κ2) is 9.08. The number of hydrogen-bond donors (Lipinski definition) is 1. The van der Waals surface area contributed by atoms with Gasteiger partial charge in [0, 0.05) is 49.2 Å². The van der Waals surface area contributed by atoms with Crippen molar-refractivity contribution in [2.75, 3.05) is 23.9 Å². The maximum absolute atomic E-state index is 13.9. The van der Waals surface area contributed by atoms with Gasteiger partial charge in [-0.05, 0) is 78.9 Å². The fraction of sp³-hybridized carbons (Fsp3) is 0.154. The maximum atomic E-state index is 13.9. The van der Waals surface area contributed by atoms with Crippen LogP contribution in [0.1, 0.15) is 23.5 Å². The van der Waals surface area contributed by atoms with Crippen molar-refractivity contribution < 1.29 is 4.39 Å². The minimum atomic E-state index is -0.447. The summed E-state index contributed by atoms with van der Waals surface area (Å²) in [5.74, 6) is -0.447. The number of anilines is 2. The van der Waals surface area contributed by atoms with Crippen molar-refractivity contribution in [1.29, 1.82) is 0 Å². The largest absolute Gasteiger partial charge is 0.378 e. The highest BCUT2D eigenvalue weighted by Gasteiger charge is 2.42. The number of nitrogens with one attached hydrogen (secondary N) is 1. The Morgan fingerprint density at radius 2 is 1.76 bits per heavy atom. The molecular formula is C26H23ClFN5S. The van der Waals surface area contributed by atoms with Gasteiger partial charge in [0.05, 0.1) is 16.8 Å². The number of rotatable bonds is 5. The van der Waals surface area contributed by atoms with E-state index in [1.165, 1.54) is 6.07 Å². The molecule has 1 aliphatic heterocycles. The van der Waals surface area contributed by atoms with Gasteiger partial charge in [-0.1, -0.05) is 17.7 Å². The summed E-state index contributed by atoms with van der Waals surface area (Å²) in [6.07, 6.45) is 3.73. The number of thiocarbonyl (C=S) groups is 1. The molecule has 8 heteroatoms. The average Bonchev–Trinajstić information content (AvgIpc) is 3.45. The molecule has 172 valence electrons. The van der Waals surface area contributed by atoms with Crippen molar-refractivity contribution >= 4 is 40.3 Å². The van der Waals surface area contributed by atoms with E-state index < -0.39 is 5.82 Å². The van der Waals surface area contributed by atoms with Gasteiger partial charge in [0.1, 0.15) is 11.9 Å². The molecule has 2 atom stereocenters.